The van der Waals surface area contributed by atoms with E-state index in [0.717, 1.165) is 16.2 Å². The Kier molecular flexibility index (Phi) is 6.77. The van der Waals surface area contributed by atoms with Crippen LogP contribution in [0.15, 0.2) is 21.8 Å². The summed E-state index contributed by atoms with van der Waals surface area (Å²) in [5.41, 5.74) is 11.3. The molecule has 2 atom stereocenters. The molecule has 166 valence electrons. The quantitative estimate of drug-likeness (QED) is 0.159. The molecular formula is C16H19N7O6S2. The molecule has 1 aromatic heterocycles. The number of thioether (sulfide) groups is 1. The van der Waals surface area contributed by atoms with Gasteiger partial charge in [-0.15, -0.1) is 23.1 Å². The first-order valence-corrected chi connectivity index (χ1v) is 10.7. The molecule has 0 saturated carbocycles. The third kappa shape index (κ3) is 4.47. The van der Waals surface area contributed by atoms with Gasteiger partial charge in [0.05, 0.1) is 0 Å². The normalized spacial score (nSPS) is 20.6. The maximum Gasteiger partial charge on any atom is 0.352 e. The SMILES string of the molecule is CNC(=O)CO/N=C(\C(=O)NC1C(=O)N2C(C(=O)O)=C(CN)CS[C@H]12)c1csc(N)n1. The third-order valence-electron chi connectivity index (χ3n) is 4.39. The van der Waals surface area contributed by atoms with Crippen LogP contribution in [0.3, 0.4) is 0 Å². The van der Waals surface area contributed by atoms with Gasteiger partial charge in [-0.3, -0.25) is 19.3 Å². The number of amides is 3. The summed E-state index contributed by atoms with van der Waals surface area (Å²) in [7, 11) is 1.41. The fourth-order valence-electron chi connectivity index (χ4n) is 2.88. The first kappa shape index (κ1) is 22.5. The lowest BCUT2D eigenvalue weighted by Gasteiger charge is -2.49. The number of hydrogen-bond acceptors (Lipinski definition) is 11. The van der Waals surface area contributed by atoms with Crippen molar-refractivity contribution >= 4 is 57.6 Å². The van der Waals surface area contributed by atoms with Gasteiger partial charge in [0.1, 0.15) is 22.8 Å². The number of carbonyl (C=O) groups excluding carboxylic acids is 3. The number of carboxylic acid groups (broad SMARTS) is 1. The molecule has 0 radical (unpaired) electrons. The number of thiazole rings is 1. The molecule has 3 rings (SSSR count). The number of aromatic nitrogens is 1. The van der Waals surface area contributed by atoms with E-state index in [4.69, 9.17) is 16.3 Å². The van der Waals surface area contributed by atoms with Crippen molar-refractivity contribution < 1.29 is 29.1 Å². The highest BCUT2D eigenvalue weighted by Crippen LogP contribution is 2.40. The summed E-state index contributed by atoms with van der Waals surface area (Å²) in [6.07, 6.45) is 0. The molecule has 0 aliphatic carbocycles. The summed E-state index contributed by atoms with van der Waals surface area (Å²) in [5.74, 6) is -2.78. The topological polar surface area (TPSA) is 202 Å². The van der Waals surface area contributed by atoms with Crippen LogP contribution in [0.4, 0.5) is 5.13 Å². The zero-order chi connectivity index (χ0) is 22.7. The molecule has 1 unspecified atom stereocenters. The number of aliphatic carboxylic acids is 1. The van der Waals surface area contributed by atoms with Crippen molar-refractivity contribution in [1.29, 1.82) is 0 Å². The molecule has 1 aromatic rings. The van der Waals surface area contributed by atoms with Gasteiger partial charge < -0.3 is 32.0 Å². The van der Waals surface area contributed by atoms with Crippen molar-refractivity contribution in [3.05, 3.63) is 22.3 Å². The monoisotopic (exact) mass is 469 g/mol. The Labute approximate surface area is 183 Å². The van der Waals surface area contributed by atoms with Crippen LogP contribution in [0.1, 0.15) is 5.69 Å². The minimum Gasteiger partial charge on any atom is -0.477 e. The van der Waals surface area contributed by atoms with Crippen LogP contribution in [0.25, 0.3) is 0 Å². The van der Waals surface area contributed by atoms with Gasteiger partial charge >= 0.3 is 5.97 Å². The van der Waals surface area contributed by atoms with Gasteiger partial charge in [-0.25, -0.2) is 9.78 Å². The van der Waals surface area contributed by atoms with Crippen LogP contribution in [-0.2, 0) is 24.0 Å². The molecule has 31 heavy (non-hydrogen) atoms. The Morgan fingerprint density at radius 1 is 1.45 bits per heavy atom. The Morgan fingerprint density at radius 3 is 2.77 bits per heavy atom. The second-order valence-electron chi connectivity index (χ2n) is 6.28. The van der Waals surface area contributed by atoms with E-state index in [9.17, 15) is 24.3 Å². The van der Waals surface area contributed by atoms with Crippen LogP contribution >= 0.6 is 23.1 Å². The fraction of sp³-hybridized carbons (Fsp3) is 0.375. The summed E-state index contributed by atoms with van der Waals surface area (Å²) in [4.78, 5) is 58.4. The molecule has 13 nitrogen and oxygen atoms in total. The number of carbonyl (C=O) groups is 4. The number of likely N-dealkylation sites (N-methyl/N-ethyl adjacent to an activating group) is 1. The molecule has 3 amide bonds. The number of oxime groups is 1. The second kappa shape index (κ2) is 9.32. The van der Waals surface area contributed by atoms with Crippen LogP contribution in [0, 0.1) is 0 Å². The first-order valence-electron chi connectivity index (χ1n) is 8.81. The molecule has 15 heteroatoms. The van der Waals surface area contributed by atoms with E-state index in [-0.39, 0.29) is 28.8 Å². The summed E-state index contributed by atoms with van der Waals surface area (Å²) in [6, 6.07) is -0.980. The van der Waals surface area contributed by atoms with Crippen molar-refractivity contribution in [1.82, 2.24) is 20.5 Å². The summed E-state index contributed by atoms with van der Waals surface area (Å²) in [5, 5.41) is 19.1. The molecule has 3 heterocycles. The molecule has 0 spiro atoms. The highest BCUT2D eigenvalue weighted by molar-refractivity contribution is 8.00. The number of β-lactam (4-membered cyclic amide) rings is 1. The molecule has 0 bridgehead atoms. The zero-order valence-corrected chi connectivity index (χ0v) is 17.8. The fourth-order valence-corrected chi connectivity index (χ4v) is 4.79. The van der Waals surface area contributed by atoms with Gasteiger partial charge in [0.15, 0.2) is 17.5 Å². The van der Waals surface area contributed by atoms with Crippen molar-refractivity contribution in [3.63, 3.8) is 0 Å². The number of fused-ring (bicyclic) bond motifs is 1. The Bertz CT molecular complexity index is 991. The summed E-state index contributed by atoms with van der Waals surface area (Å²) < 4.78 is 0. The van der Waals surface area contributed by atoms with Gasteiger partial charge in [0, 0.05) is 24.7 Å². The maximum atomic E-state index is 12.8. The number of anilines is 1. The van der Waals surface area contributed by atoms with Crippen molar-refractivity contribution in [2.45, 2.75) is 11.4 Å². The van der Waals surface area contributed by atoms with E-state index < -0.39 is 41.7 Å². The van der Waals surface area contributed by atoms with Gasteiger partial charge in [-0.05, 0) is 5.57 Å². The molecule has 1 fully saturated rings. The molecule has 2 aliphatic rings. The van der Waals surface area contributed by atoms with Crippen molar-refractivity contribution in [3.8, 4) is 0 Å². The number of hydrogen-bond donors (Lipinski definition) is 5. The number of carboxylic acids is 1. The van der Waals surface area contributed by atoms with Crippen LogP contribution in [-0.4, -0.2) is 81.8 Å². The minimum atomic E-state index is -1.26. The van der Waals surface area contributed by atoms with Gasteiger partial charge in [0.2, 0.25) is 0 Å². The molecular weight excluding hydrogens is 450 g/mol. The summed E-state index contributed by atoms with van der Waals surface area (Å²) in [6.45, 7) is -0.428. The third-order valence-corrected chi connectivity index (χ3v) is 6.41. The Balaban J connectivity index is 1.78. The van der Waals surface area contributed by atoms with Crippen LogP contribution < -0.4 is 22.1 Å². The highest BCUT2D eigenvalue weighted by atomic mass is 32.2. The number of nitrogens with two attached hydrogens (primary N) is 2. The number of nitrogens with one attached hydrogen (secondary N) is 2. The van der Waals surface area contributed by atoms with E-state index >= 15 is 0 Å². The van der Waals surface area contributed by atoms with E-state index in [1.165, 1.54) is 24.2 Å². The van der Waals surface area contributed by atoms with Gasteiger partial charge in [-0.2, -0.15) is 0 Å². The van der Waals surface area contributed by atoms with E-state index in [2.05, 4.69) is 20.8 Å². The van der Waals surface area contributed by atoms with Gasteiger partial charge in [0.25, 0.3) is 17.7 Å². The largest absolute Gasteiger partial charge is 0.477 e. The average molecular weight is 470 g/mol. The predicted octanol–water partition coefficient (Wildman–Crippen LogP) is -2.11. The predicted molar refractivity (Wildman–Crippen MR) is 112 cm³/mol. The molecule has 7 N–H and O–H groups in total. The Morgan fingerprint density at radius 2 is 2.19 bits per heavy atom. The summed E-state index contributed by atoms with van der Waals surface area (Å²) >= 11 is 2.36. The number of rotatable bonds is 8. The first-order chi connectivity index (χ1) is 14.8. The molecule has 1 saturated heterocycles. The smallest absolute Gasteiger partial charge is 0.352 e. The minimum absolute atomic E-state index is 0.00683. The average Bonchev–Trinajstić information content (AvgIpc) is 3.18. The van der Waals surface area contributed by atoms with Crippen molar-refractivity contribution in [2.24, 2.45) is 10.9 Å². The van der Waals surface area contributed by atoms with E-state index in [1.807, 2.05) is 0 Å². The van der Waals surface area contributed by atoms with Crippen LogP contribution in [0.2, 0.25) is 0 Å². The lowest BCUT2D eigenvalue weighted by molar-refractivity contribution is -0.150. The lowest BCUT2D eigenvalue weighted by atomic mass is 10.0. The zero-order valence-electron chi connectivity index (χ0n) is 16.2. The number of nitrogen functional groups attached to an aromatic ring is 1. The lowest BCUT2D eigenvalue weighted by Crippen LogP contribution is -2.71. The van der Waals surface area contributed by atoms with E-state index in [1.54, 1.807) is 0 Å². The maximum absolute atomic E-state index is 12.8. The second-order valence-corrected chi connectivity index (χ2v) is 8.27. The van der Waals surface area contributed by atoms with Crippen molar-refractivity contribution in [2.75, 3.05) is 31.7 Å². The van der Waals surface area contributed by atoms with Gasteiger partial charge in [-0.1, -0.05) is 5.16 Å². The van der Waals surface area contributed by atoms with Crippen LogP contribution in [0.5, 0.6) is 0 Å². The molecule has 2 aliphatic heterocycles. The van der Waals surface area contributed by atoms with E-state index in [0.29, 0.717) is 11.3 Å². The Hall–Kier alpha value is -3.17. The highest BCUT2D eigenvalue weighted by Gasteiger charge is 2.54. The standard InChI is InChI=1S/C16H19N7O6S2/c1-19-8(24)3-29-22-9(7-5-31-16(18)20-7)12(25)21-10-13(26)23-11(15(27)28)6(2-17)4-30-14(10)23/h5,10,14H,2-4,17H2,1H3,(H2,18,20)(H,19,24)(H,21,25)(H,27,28)/b22-9-/t10?,14-/m1/s1. The molecule has 0 aromatic carbocycles. The number of nitrogens with zero attached hydrogens (tertiary/aromatic N) is 3.